The van der Waals surface area contributed by atoms with Gasteiger partial charge >= 0.3 is 0 Å². The van der Waals surface area contributed by atoms with Crippen LogP contribution < -0.4 is 20.3 Å². The molecule has 7 nitrogen and oxygen atoms in total. The highest BCUT2D eigenvalue weighted by molar-refractivity contribution is 7.99. The van der Waals surface area contributed by atoms with Crippen molar-refractivity contribution in [2.75, 3.05) is 26.5 Å². The van der Waals surface area contributed by atoms with E-state index in [9.17, 15) is 9.59 Å². The monoisotopic (exact) mass is 517 g/mol. The van der Waals surface area contributed by atoms with Crippen molar-refractivity contribution in [3.05, 3.63) is 88.2 Å². The summed E-state index contributed by atoms with van der Waals surface area (Å²) in [6.45, 7) is 4.73. The number of para-hydroxylation sites is 1. The molecule has 8 heteroatoms. The summed E-state index contributed by atoms with van der Waals surface area (Å²) in [6, 6.07) is 20.9. The Bertz CT molecular complexity index is 1450. The van der Waals surface area contributed by atoms with Gasteiger partial charge in [0.15, 0.2) is 16.7 Å². The van der Waals surface area contributed by atoms with Crippen LogP contribution >= 0.6 is 11.8 Å². The van der Waals surface area contributed by atoms with Crippen molar-refractivity contribution in [3.63, 3.8) is 0 Å². The van der Waals surface area contributed by atoms with E-state index in [1.165, 1.54) is 17.3 Å². The van der Waals surface area contributed by atoms with Crippen LogP contribution in [0.2, 0.25) is 0 Å². The number of thioether (sulfide) groups is 1. The molecule has 0 atom stereocenters. The Morgan fingerprint density at radius 1 is 1.00 bits per heavy atom. The van der Waals surface area contributed by atoms with Crippen molar-refractivity contribution >= 4 is 28.6 Å². The van der Waals surface area contributed by atoms with E-state index < -0.39 is 0 Å². The lowest BCUT2D eigenvalue weighted by Crippen LogP contribution is -2.28. The Hall–Kier alpha value is -3.78. The third kappa shape index (κ3) is 6.14. The summed E-state index contributed by atoms with van der Waals surface area (Å²) >= 11 is 1.25. The van der Waals surface area contributed by atoms with Crippen molar-refractivity contribution in [2.45, 2.75) is 31.3 Å². The molecule has 192 valence electrons. The number of nitrogens with one attached hydrogen (secondary N) is 1. The number of methoxy groups -OCH3 is 2. The van der Waals surface area contributed by atoms with Crippen molar-refractivity contribution < 1.29 is 14.3 Å². The fraction of sp³-hybridized carbons (Fsp3) is 0.276. The Labute approximate surface area is 220 Å². The van der Waals surface area contributed by atoms with Gasteiger partial charge in [0, 0.05) is 6.54 Å². The van der Waals surface area contributed by atoms with Crippen LogP contribution in [0.5, 0.6) is 11.5 Å². The van der Waals surface area contributed by atoms with Gasteiger partial charge in [-0.3, -0.25) is 14.2 Å². The number of carbonyl (C=O) groups excluding carboxylic acids is 1. The molecule has 37 heavy (non-hydrogen) atoms. The number of aromatic nitrogens is 2. The lowest BCUT2D eigenvalue weighted by molar-refractivity contribution is -0.118. The predicted molar refractivity (Wildman–Crippen MR) is 148 cm³/mol. The maximum absolute atomic E-state index is 13.4. The lowest BCUT2D eigenvalue weighted by Gasteiger charge is -2.14. The summed E-state index contributed by atoms with van der Waals surface area (Å²) in [4.78, 5) is 30.8. The molecule has 1 N–H and O–H groups in total. The molecule has 0 radical (unpaired) electrons. The highest BCUT2D eigenvalue weighted by Crippen LogP contribution is 2.27. The van der Waals surface area contributed by atoms with E-state index in [1.807, 2.05) is 60.7 Å². The van der Waals surface area contributed by atoms with Crippen molar-refractivity contribution in [1.29, 1.82) is 0 Å². The molecule has 0 spiro atoms. The standard InChI is InChI=1S/C29H31N3O4S/c1-19(2)21-10-12-22(13-11-21)32-28(34)23-7-5-6-8-24(23)31-29(32)37-18-27(33)30-16-15-20-9-14-25(35-3)26(17-20)36-4/h5-14,17,19H,15-16,18H2,1-4H3,(H,30,33). The molecule has 0 saturated carbocycles. The van der Waals surface area contributed by atoms with E-state index in [-0.39, 0.29) is 17.2 Å². The van der Waals surface area contributed by atoms with Gasteiger partial charge in [0.2, 0.25) is 5.91 Å². The number of hydrogen-bond donors (Lipinski definition) is 1. The Kier molecular flexibility index (Phi) is 8.50. The third-order valence-corrected chi connectivity index (χ3v) is 7.02. The van der Waals surface area contributed by atoms with Crippen molar-refractivity contribution in [1.82, 2.24) is 14.9 Å². The highest BCUT2D eigenvalue weighted by Gasteiger charge is 2.15. The van der Waals surface area contributed by atoms with Gasteiger partial charge in [-0.15, -0.1) is 0 Å². The molecule has 3 aromatic carbocycles. The summed E-state index contributed by atoms with van der Waals surface area (Å²) < 4.78 is 12.2. The Morgan fingerprint density at radius 2 is 1.73 bits per heavy atom. The SMILES string of the molecule is COc1ccc(CCNC(=O)CSc2nc3ccccc3c(=O)n2-c2ccc(C(C)C)cc2)cc1OC. The van der Waals surface area contributed by atoms with Crippen LogP contribution in [0.3, 0.4) is 0 Å². The molecule has 0 aliphatic heterocycles. The van der Waals surface area contributed by atoms with Gasteiger partial charge in [-0.25, -0.2) is 4.98 Å². The number of carbonyl (C=O) groups is 1. The fourth-order valence-corrected chi connectivity index (χ4v) is 4.85. The van der Waals surface area contributed by atoms with Crippen LogP contribution in [0.4, 0.5) is 0 Å². The van der Waals surface area contributed by atoms with Crippen LogP contribution in [0, 0.1) is 0 Å². The zero-order chi connectivity index (χ0) is 26.4. The molecule has 0 fully saturated rings. The second kappa shape index (κ2) is 12.0. The van der Waals surface area contributed by atoms with Crippen LogP contribution in [-0.2, 0) is 11.2 Å². The number of fused-ring (bicyclic) bond motifs is 1. The minimum absolute atomic E-state index is 0.130. The molecule has 4 rings (SSSR count). The Morgan fingerprint density at radius 3 is 2.43 bits per heavy atom. The van der Waals surface area contributed by atoms with Crippen molar-refractivity contribution in [3.8, 4) is 17.2 Å². The first kappa shape index (κ1) is 26.3. The summed E-state index contributed by atoms with van der Waals surface area (Å²) in [5.74, 6) is 1.72. The zero-order valence-electron chi connectivity index (χ0n) is 21.5. The Balaban J connectivity index is 1.48. The number of amides is 1. The maximum atomic E-state index is 13.4. The zero-order valence-corrected chi connectivity index (χ0v) is 22.3. The van der Waals surface area contributed by atoms with Crippen LogP contribution in [0.25, 0.3) is 16.6 Å². The molecule has 1 amide bonds. The number of benzene rings is 3. The van der Waals surface area contributed by atoms with Gasteiger partial charge in [0.25, 0.3) is 5.56 Å². The summed E-state index contributed by atoms with van der Waals surface area (Å²) in [5.41, 5.74) is 3.40. The summed E-state index contributed by atoms with van der Waals surface area (Å²) in [7, 11) is 3.19. The first-order chi connectivity index (χ1) is 17.9. The average molecular weight is 518 g/mol. The van der Waals surface area contributed by atoms with E-state index in [0.29, 0.717) is 46.4 Å². The van der Waals surface area contributed by atoms with Gasteiger partial charge in [-0.1, -0.05) is 55.9 Å². The molecule has 0 aliphatic carbocycles. The quantitative estimate of drug-likeness (QED) is 0.236. The first-order valence-corrected chi connectivity index (χ1v) is 13.1. The van der Waals surface area contributed by atoms with Gasteiger partial charge in [-0.05, 0) is 59.9 Å². The van der Waals surface area contributed by atoms with Crippen LogP contribution in [0.1, 0.15) is 30.9 Å². The predicted octanol–water partition coefficient (Wildman–Crippen LogP) is 4.98. The third-order valence-electron chi connectivity index (χ3n) is 6.08. The van der Waals surface area contributed by atoms with E-state index >= 15 is 0 Å². The minimum atomic E-state index is -0.153. The minimum Gasteiger partial charge on any atom is -0.493 e. The second-order valence-corrected chi connectivity index (χ2v) is 9.82. The molecule has 4 aromatic rings. The number of rotatable bonds is 10. The molecule has 0 saturated heterocycles. The molecule has 0 unspecified atom stereocenters. The van der Waals surface area contributed by atoms with E-state index in [2.05, 4.69) is 19.2 Å². The topological polar surface area (TPSA) is 82.5 Å². The molecular weight excluding hydrogens is 486 g/mol. The summed E-state index contributed by atoms with van der Waals surface area (Å²) in [5, 5.41) is 3.97. The molecule has 1 aromatic heterocycles. The first-order valence-electron chi connectivity index (χ1n) is 12.1. The number of nitrogens with zero attached hydrogens (tertiary/aromatic N) is 2. The maximum Gasteiger partial charge on any atom is 0.266 e. The fourth-order valence-electron chi connectivity index (χ4n) is 4.01. The van der Waals surface area contributed by atoms with Crippen molar-refractivity contribution in [2.24, 2.45) is 0 Å². The van der Waals surface area contributed by atoms with Gasteiger partial charge < -0.3 is 14.8 Å². The average Bonchev–Trinajstić information content (AvgIpc) is 2.92. The van der Waals surface area contributed by atoms with Crippen LogP contribution in [0.15, 0.2) is 76.7 Å². The molecule has 1 heterocycles. The summed E-state index contributed by atoms with van der Waals surface area (Å²) in [6.07, 6.45) is 0.651. The van der Waals surface area contributed by atoms with Gasteiger partial charge in [0.1, 0.15) is 0 Å². The number of hydrogen-bond acceptors (Lipinski definition) is 6. The van der Waals surface area contributed by atoms with Gasteiger partial charge in [-0.2, -0.15) is 0 Å². The molecular formula is C29H31N3O4S. The van der Waals surface area contributed by atoms with E-state index in [1.54, 1.807) is 24.9 Å². The molecule has 0 aliphatic rings. The van der Waals surface area contributed by atoms with Gasteiger partial charge in [0.05, 0.1) is 36.6 Å². The van der Waals surface area contributed by atoms with Crippen LogP contribution in [-0.4, -0.2) is 42.0 Å². The normalized spacial score (nSPS) is 11.1. The second-order valence-electron chi connectivity index (χ2n) is 8.88. The largest absolute Gasteiger partial charge is 0.493 e. The molecule has 0 bridgehead atoms. The van der Waals surface area contributed by atoms with E-state index in [0.717, 1.165) is 11.3 Å². The van der Waals surface area contributed by atoms with E-state index in [4.69, 9.17) is 14.5 Å². The number of ether oxygens (including phenoxy) is 2. The highest BCUT2D eigenvalue weighted by atomic mass is 32.2. The smallest absolute Gasteiger partial charge is 0.266 e. The lowest BCUT2D eigenvalue weighted by atomic mass is 10.0.